The van der Waals surface area contributed by atoms with Crippen LogP contribution >= 0.6 is 11.6 Å². The van der Waals surface area contributed by atoms with Gasteiger partial charge in [0.1, 0.15) is 5.75 Å². The minimum Gasteiger partial charge on any atom is -0.480 e. The van der Waals surface area contributed by atoms with Crippen LogP contribution in [0.1, 0.15) is 22.8 Å². The fraction of sp³-hybridized carbons (Fsp3) is 0.158. The number of carbonyl (C=O) groups excluding carboxylic acids is 2. The molecule has 2 aromatic rings. The number of hydrogen-bond acceptors (Lipinski definition) is 4. The standard InChI is InChI=1S/C19H17ClO4/c1-2-23-19(22)13-24-18-11-9-15(12-16(18)20)17(21)10-8-14-6-4-3-5-7-14/h3-12H,2,13H2,1H3. The van der Waals surface area contributed by atoms with Gasteiger partial charge in [-0.25, -0.2) is 4.79 Å². The van der Waals surface area contributed by atoms with Crippen molar-refractivity contribution in [3.63, 3.8) is 0 Å². The Kier molecular flexibility index (Phi) is 6.58. The smallest absolute Gasteiger partial charge is 0.344 e. The van der Waals surface area contributed by atoms with Gasteiger partial charge in [0.2, 0.25) is 0 Å². The molecule has 4 nitrogen and oxygen atoms in total. The second-order valence-electron chi connectivity index (χ2n) is 4.85. The van der Waals surface area contributed by atoms with E-state index in [2.05, 4.69) is 0 Å². The van der Waals surface area contributed by atoms with E-state index < -0.39 is 5.97 Å². The maximum Gasteiger partial charge on any atom is 0.344 e. The second kappa shape index (κ2) is 8.89. The average molecular weight is 345 g/mol. The first-order valence-electron chi connectivity index (χ1n) is 7.45. The van der Waals surface area contributed by atoms with Crippen LogP contribution in [0, 0.1) is 0 Å². The molecular formula is C19H17ClO4. The number of ketones is 1. The number of esters is 1. The third-order valence-corrected chi connectivity index (χ3v) is 3.39. The van der Waals surface area contributed by atoms with Gasteiger partial charge in [-0.2, -0.15) is 0 Å². The van der Waals surface area contributed by atoms with Gasteiger partial charge < -0.3 is 9.47 Å². The molecule has 0 aromatic heterocycles. The number of allylic oxidation sites excluding steroid dienone is 1. The number of carbonyl (C=O) groups is 2. The molecule has 0 unspecified atom stereocenters. The molecule has 0 saturated carbocycles. The van der Waals surface area contributed by atoms with E-state index in [0.29, 0.717) is 11.3 Å². The minimum atomic E-state index is -0.473. The van der Waals surface area contributed by atoms with E-state index >= 15 is 0 Å². The quantitative estimate of drug-likeness (QED) is 0.429. The monoisotopic (exact) mass is 344 g/mol. The summed E-state index contributed by atoms with van der Waals surface area (Å²) in [5.41, 5.74) is 1.38. The molecule has 0 amide bonds. The molecule has 124 valence electrons. The van der Waals surface area contributed by atoms with Crippen molar-refractivity contribution < 1.29 is 19.1 Å². The van der Waals surface area contributed by atoms with Crippen molar-refractivity contribution in [2.45, 2.75) is 6.92 Å². The van der Waals surface area contributed by atoms with Crippen molar-refractivity contribution in [1.82, 2.24) is 0 Å². The van der Waals surface area contributed by atoms with Crippen LogP contribution in [-0.2, 0) is 9.53 Å². The summed E-state index contributed by atoms with van der Waals surface area (Å²) in [6.45, 7) is 1.78. The van der Waals surface area contributed by atoms with Gasteiger partial charge in [0.25, 0.3) is 0 Å². The van der Waals surface area contributed by atoms with Crippen LogP contribution in [0.3, 0.4) is 0 Å². The highest BCUT2D eigenvalue weighted by molar-refractivity contribution is 6.32. The molecule has 0 aliphatic rings. The van der Waals surface area contributed by atoms with Crippen LogP contribution in [0.5, 0.6) is 5.75 Å². The average Bonchev–Trinajstić information content (AvgIpc) is 2.59. The van der Waals surface area contributed by atoms with Crippen molar-refractivity contribution in [3.8, 4) is 5.75 Å². The molecule has 0 spiro atoms. The lowest BCUT2D eigenvalue weighted by molar-refractivity contribution is -0.145. The van der Waals surface area contributed by atoms with E-state index in [9.17, 15) is 9.59 Å². The Balaban J connectivity index is 2.02. The van der Waals surface area contributed by atoms with Crippen molar-refractivity contribution in [1.29, 1.82) is 0 Å². The van der Waals surface area contributed by atoms with Crippen LogP contribution in [0.25, 0.3) is 6.08 Å². The molecule has 0 aliphatic heterocycles. The summed E-state index contributed by atoms with van der Waals surface area (Å²) in [5.74, 6) is -0.314. The summed E-state index contributed by atoms with van der Waals surface area (Å²) in [4.78, 5) is 23.4. The topological polar surface area (TPSA) is 52.6 Å². The molecule has 5 heteroatoms. The van der Waals surface area contributed by atoms with Crippen molar-refractivity contribution in [2.75, 3.05) is 13.2 Å². The summed E-state index contributed by atoms with van der Waals surface area (Å²) >= 11 is 6.10. The van der Waals surface area contributed by atoms with E-state index in [4.69, 9.17) is 21.1 Å². The Morgan fingerprint density at radius 2 is 1.88 bits per heavy atom. The molecule has 0 radical (unpaired) electrons. The van der Waals surface area contributed by atoms with Crippen LogP contribution in [0.2, 0.25) is 5.02 Å². The number of halogens is 1. The molecule has 0 fully saturated rings. The largest absolute Gasteiger partial charge is 0.480 e. The van der Waals surface area contributed by atoms with Gasteiger partial charge in [0, 0.05) is 5.56 Å². The number of rotatable bonds is 7. The SMILES string of the molecule is CCOC(=O)COc1ccc(C(=O)C=Cc2ccccc2)cc1Cl. The van der Waals surface area contributed by atoms with Crippen LogP contribution in [0.4, 0.5) is 0 Å². The van der Waals surface area contributed by atoms with Gasteiger partial charge in [-0.1, -0.05) is 48.0 Å². The van der Waals surface area contributed by atoms with Crippen LogP contribution in [0.15, 0.2) is 54.6 Å². The van der Waals surface area contributed by atoms with E-state index in [1.165, 1.54) is 12.1 Å². The first-order chi connectivity index (χ1) is 11.6. The Bertz CT molecular complexity index is 738. The predicted octanol–water partition coefficient (Wildman–Crippen LogP) is 4.18. The van der Waals surface area contributed by atoms with Gasteiger partial charge in [-0.3, -0.25) is 4.79 Å². The Hall–Kier alpha value is -2.59. The van der Waals surface area contributed by atoms with Gasteiger partial charge in [0.05, 0.1) is 11.6 Å². The molecule has 0 aliphatic carbocycles. The molecule has 0 bridgehead atoms. The molecule has 0 saturated heterocycles. The highest BCUT2D eigenvalue weighted by Gasteiger charge is 2.09. The van der Waals surface area contributed by atoms with Crippen molar-refractivity contribution in [3.05, 3.63) is 70.8 Å². The normalized spacial score (nSPS) is 10.6. The lowest BCUT2D eigenvalue weighted by Crippen LogP contribution is -2.14. The molecule has 0 N–H and O–H groups in total. The maximum absolute atomic E-state index is 12.2. The Morgan fingerprint density at radius 3 is 2.54 bits per heavy atom. The third-order valence-electron chi connectivity index (χ3n) is 3.09. The minimum absolute atomic E-state index is 0.169. The van der Waals surface area contributed by atoms with Crippen LogP contribution in [-0.4, -0.2) is 25.0 Å². The fourth-order valence-electron chi connectivity index (χ4n) is 1.94. The van der Waals surface area contributed by atoms with Crippen LogP contribution < -0.4 is 4.74 Å². The second-order valence-corrected chi connectivity index (χ2v) is 5.25. The molecule has 24 heavy (non-hydrogen) atoms. The van der Waals surface area contributed by atoms with Gasteiger partial charge in [-0.15, -0.1) is 0 Å². The highest BCUT2D eigenvalue weighted by atomic mass is 35.5. The van der Waals surface area contributed by atoms with Gasteiger partial charge >= 0.3 is 5.97 Å². The molecule has 0 atom stereocenters. The first-order valence-corrected chi connectivity index (χ1v) is 7.83. The summed E-state index contributed by atoms with van der Waals surface area (Å²) in [7, 11) is 0. The summed E-state index contributed by atoms with van der Waals surface area (Å²) in [5, 5.41) is 0.262. The summed E-state index contributed by atoms with van der Waals surface area (Å²) in [6.07, 6.45) is 3.22. The van der Waals surface area contributed by atoms with Crippen molar-refractivity contribution in [2.24, 2.45) is 0 Å². The first kappa shape index (κ1) is 17.8. The molecule has 2 rings (SSSR count). The van der Waals surface area contributed by atoms with E-state index in [1.54, 1.807) is 25.1 Å². The van der Waals surface area contributed by atoms with Gasteiger partial charge in [-0.05, 0) is 36.8 Å². The third kappa shape index (κ3) is 5.25. The summed E-state index contributed by atoms with van der Waals surface area (Å²) in [6, 6.07) is 14.2. The van der Waals surface area contributed by atoms with Gasteiger partial charge in [0.15, 0.2) is 12.4 Å². The lowest BCUT2D eigenvalue weighted by Gasteiger charge is -2.08. The highest BCUT2D eigenvalue weighted by Crippen LogP contribution is 2.26. The zero-order chi connectivity index (χ0) is 17.4. The lowest BCUT2D eigenvalue weighted by atomic mass is 10.1. The number of ether oxygens (including phenoxy) is 2. The Morgan fingerprint density at radius 1 is 1.12 bits per heavy atom. The number of hydrogen-bond donors (Lipinski definition) is 0. The molecular weight excluding hydrogens is 328 g/mol. The maximum atomic E-state index is 12.2. The molecule has 0 heterocycles. The van der Waals surface area contributed by atoms with Crippen molar-refractivity contribution >= 4 is 29.4 Å². The fourth-order valence-corrected chi connectivity index (χ4v) is 2.18. The Labute approximate surface area is 145 Å². The van der Waals surface area contributed by atoms with E-state index in [0.717, 1.165) is 5.56 Å². The van der Waals surface area contributed by atoms with E-state index in [-0.39, 0.29) is 24.0 Å². The number of benzene rings is 2. The predicted molar refractivity (Wildman–Crippen MR) is 93.4 cm³/mol. The van der Waals surface area contributed by atoms with E-state index in [1.807, 2.05) is 30.3 Å². The zero-order valence-electron chi connectivity index (χ0n) is 13.2. The zero-order valence-corrected chi connectivity index (χ0v) is 14.0. The molecule has 2 aromatic carbocycles. The summed E-state index contributed by atoms with van der Waals surface area (Å²) < 4.78 is 10.0.